The highest BCUT2D eigenvalue weighted by Gasteiger charge is 2.61. The second kappa shape index (κ2) is 8.10. The summed E-state index contributed by atoms with van der Waals surface area (Å²) in [5, 5.41) is 17.0. The van der Waals surface area contributed by atoms with E-state index in [2.05, 4.69) is 10.6 Å². The first-order valence-corrected chi connectivity index (χ1v) is 13.3. The van der Waals surface area contributed by atoms with E-state index in [1.807, 2.05) is 0 Å². The molecule has 2 amide bonds. The van der Waals surface area contributed by atoms with Crippen molar-refractivity contribution in [1.82, 2.24) is 5.32 Å². The fraction of sp³-hybridized carbons (Fsp3) is 0.760. The molecule has 32 heavy (non-hydrogen) atoms. The third-order valence-corrected chi connectivity index (χ3v) is 10.3. The fourth-order valence-corrected chi connectivity index (χ4v) is 8.99. The molecule has 1 aliphatic heterocycles. The summed E-state index contributed by atoms with van der Waals surface area (Å²) in [5.41, 5.74) is 1.48. The Morgan fingerprint density at radius 1 is 1.12 bits per heavy atom. The van der Waals surface area contributed by atoms with E-state index in [1.54, 1.807) is 0 Å². The Morgan fingerprint density at radius 3 is 2.69 bits per heavy atom. The van der Waals surface area contributed by atoms with Crippen molar-refractivity contribution in [2.24, 2.45) is 29.1 Å². The van der Waals surface area contributed by atoms with Crippen molar-refractivity contribution in [3.8, 4) is 0 Å². The monoisotopic (exact) mass is 458 g/mol. The maximum atomic E-state index is 13.7. The second-order valence-electron chi connectivity index (χ2n) is 11.0. The van der Waals surface area contributed by atoms with Gasteiger partial charge in [-0.1, -0.05) is 12.8 Å². The van der Waals surface area contributed by atoms with Crippen LogP contribution in [0.15, 0.2) is 0 Å². The van der Waals surface area contributed by atoms with Gasteiger partial charge in [-0.25, -0.2) is 0 Å². The van der Waals surface area contributed by atoms with Crippen LogP contribution in [0.3, 0.4) is 0 Å². The summed E-state index contributed by atoms with van der Waals surface area (Å²) in [7, 11) is 0. The van der Waals surface area contributed by atoms with Crippen LogP contribution in [-0.2, 0) is 22.6 Å². The zero-order valence-electron chi connectivity index (χ0n) is 18.7. The molecule has 6 aliphatic rings. The number of aliphatic hydroxyl groups is 1. The molecule has 5 saturated carbocycles. The number of hydrogen-bond acceptors (Lipinski definition) is 5. The zero-order chi connectivity index (χ0) is 21.9. The van der Waals surface area contributed by atoms with Crippen LogP contribution in [0.5, 0.6) is 0 Å². The van der Waals surface area contributed by atoms with E-state index < -0.39 is 0 Å². The molecule has 4 bridgehead atoms. The van der Waals surface area contributed by atoms with E-state index >= 15 is 0 Å². The minimum atomic E-state index is -0.215. The van der Waals surface area contributed by atoms with Crippen molar-refractivity contribution in [3.63, 3.8) is 0 Å². The first-order valence-electron chi connectivity index (χ1n) is 12.5. The van der Waals surface area contributed by atoms with Crippen LogP contribution in [0, 0.1) is 29.1 Å². The average molecular weight is 459 g/mol. The molecule has 4 atom stereocenters. The number of nitrogens with one attached hydrogen (secondary N) is 2. The molecule has 2 heterocycles. The van der Waals surface area contributed by atoms with E-state index in [0.717, 1.165) is 49.0 Å². The molecule has 6 nitrogen and oxygen atoms in total. The summed E-state index contributed by atoms with van der Waals surface area (Å²) in [6, 6.07) is -0.0000529. The lowest BCUT2D eigenvalue weighted by atomic mass is 9.75. The number of anilines is 1. The van der Waals surface area contributed by atoms with Gasteiger partial charge in [0, 0.05) is 23.4 Å². The number of fused-ring (bicyclic) bond motifs is 1. The van der Waals surface area contributed by atoms with Gasteiger partial charge >= 0.3 is 0 Å². The fourth-order valence-electron chi connectivity index (χ4n) is 7.81. The van der Waals surface area contributed by atoms with Crippen LogP contribution < -0.4 is 10.6 Å². The van der Waals surface area contributed by atoms with E-state index in [9.17, 15) is 14.7 Å². The summed E-state index contributed by atoms with van der Waals surface area (Å²) >= 11 is 1.52. The summed E-state index contributed by atoms with van der Waals surface area (Å²) in [6.07, 6.45) is 10.5. The normalized spacial score (nSPS) is 37.3. The van der Waals surface area contributed by atoms with Gasteiger partial charge in [0.25, 0.3) is 5.91 Å². The van der Waals surface area contributed by atoms with Crippen molar-refractivity contribution >= 4 is 28.2 Å². The van der Waals surface area contributed by atoms with Crippen LogP contribution in [-0.4, -0.2) is 36.2 Å². The Balaban J connectivity index is 1.27. The molecule has 0 aromatic carbocycles. The molecule has 3 N–H and O–H groups in total. The minimum absolute atomic E-state index is 0.0000529. The number of hydrogen-bond donors (Lipinski definition) is 3. The molecule has 174 valence electrons. The van der Waals surface area contributed by atoms with Gasteiger partial charge in [0.05, 0.1) is 24.2 Å². The van der Waals surface area contributed by atoms with Crippen LogP contribution in [0.1, 0.15) is 78.6 Å². The molecule has 0 spiro atoms. The Kier molecular flexibility index (Phi) is 5.35. The predicted molar refractivity (Wildman–Crippen MR) is 123 cm³/mol. The third-order valence-electron chi connectivity index (χ3n) is 9.18. The first kappa shape index (κ1) is 21.1. The standard InChI is InChI=1S/C25H34N2O4S/c28-12-16-3-1-2-4-19(16)26-22(29)21-18-5-6-31-13-20(18)32-23(21)27-24(30)25-10-14-7-15(11-25)9-17(25)8-14/h14-17,19,28H,1-13H2,(H,26,29)(H,27,30)/t14?,15?,16-,17?,19+,25?/m0/s1. The molecule has 5 fully saturated rings. The van der Waals surface area contributed by atoms with Crippen molar-refractivity contribution < 1.29 is 19.4 Å². The molecule has 1 aromatic rings. The van der Waals surface area contributed by atoms with Crippen LogP contribution in [0.2, 0.25) is 0 Å². The predicted octanol–water partition coefficient (Wildman–Crippen LogP) is 3.87. The molecule has 0 radical (unpaired) electrons. The molecule has 7 heteroatoms. The number of carbonyl (C=O) groups excluding carboxylic acids is 2. The Bertz CT molecular complexity index is 913. The number of amides is 2. The van der Waals surface area contributed by atoms with Crippen molar-refractivity contribution in [1.29, 1.82) is 0 Å². The maximum absolute atomic E-state index is 13.7. The topological polar surface area (TPSA) is 87.7 Å². The minimum Gasteiger partial charge on any atom is -0.396 e. The van der Waals surface area contributed by atoms with Crippen LogP contribution in [0.4, 0.5) is 5.00 Å². The number of thiophene rings is 1. The second-order valence-corrected chi connectivity index (χ2v) is 12.1. The Morgan fingerprint density at radius 2 is 1.91 bits per heavy atom. The number of rotatable bonds is 5. The molecule has 7 rings (SSSR count). The van der Waals surface area contributed by atoms with E-state index in [1.165, 1.54) is 30.6 Å². The van der Waals surface area contributed by atoms with E-state index in [-0.39, 0.29) is 35.8 Å². The lowest BCUT2D eigenvalue weighted by Crippen LogP contribution is -2.44. The SMILES string of the molecule is O=C(N[C@@H]1CCCC[C@H]1CO)c1c(NC(=O)C23CC4CC(CC2C4)C3)sc2c1CCOC2. The highest BCUT2D eigenvalue weighted by atomic mass is 32.1. The smallest absolute Gasteiger partial charge is 0.254 e. The molecule has 2 unspecified atom stereocenters. The lowest BCUT2D eigenvalue weighted by molar-refractivity contribution is -0.127. The highest BCUT2D eigenvalue weighted by molar-refractivity contribution is 7.17. The third kappa shape index (κ3) is 3.34. The lowest BCUT2D eigenvalue weighted by Gasteiger charge is -2.32. The molecular weight excluding hydrogens is 424 g/mol. The number of carbonyl (C=O) groups is 2. The summed E-state index contributed by atoms with van der Waals surface area (Å²) < 4.78 is 5.65. The Hall–Kier alpha value is -1.44. The maximum Gasteiger partial charge on any atom is 0.254 e. The van der Waals surface area contributed by atoms with Gasteiger partial charge in [-0.2, -0.15) is 0 Å². The summed E-state index contributed by atoms with van der Waals surface area (Å²) in [5.74, 6) is 2.12. The number of ether oxygens (including phenoxy) is 1. The van der Waals surface area contributed by atoms with Crippen molar-refractivity contribution in [2.45, 2.75) is 76.9 Å². The molecular formula is C25H34N2O4S. The van der Waals surface area contributed by atoms with Crippen LogP contribution in [0.25, 0.3) is 0 Å². The molecule has 1 aromatic heterocycles. The van der Waals surface area contributed by atoms with Crippen molar-refractivity contribution in [3.05, 3.63) is 16.0 Å². The summed E-state index contributed by atoms with van der Waals surface area (Å²) in [6.45, 7) is 1.22. The summed E-state index contributed by atoms with van der Waals surface area (Å²) in [4.78, 5) is 28.3. The average Bonchev–Trinajstić information content (AvgIpc) is 3.37. The van der Waals surface area contributed by atoms with Gasteiger partial charge < -0.3 is 20.5 Å². The number of aliphatic hydroxyl groups excluding tert-OH is 1. The van der Waals surface area contributed by atoms with Gasteiger partial charge in [0.15, 0.2) is 0 Å². The van der Waals surface area contributed by atoms with E-state index in [4.69, 9.17) is 4.74 Å². The van der Waals surface area contributed by atoms with Crippen LogP contribution >= 0.6 is 11.3 Å². The van der Waals surface area contributed by atoms with Gasteiger partial charge in [-0.05, 0) is 74.7 Å². The largest absolute Gasteiger partial charge is 0.396 e. The highest BCUT2D eigenvalue weighted by Crippen LogP contribution is 2.65. The Labute approximate surface area is 193 Å². The molecule has 5 aliphatic carbocycles. The van der Waals surface area contributed by atoms with Gasteiger partial charge in [-0.3, -0.25) is 9.59 Å². The van der Waals surface area contributed by atoms with E-state index in [0.29, 0.717) is 48.0 Å². The quantitative estimate of drug-likeness (QED) is 0.625. The van der Waals surface area contributed by atoms with Gasteiger partial charge in [-0.15, -0.1) is 11.3 Å². The van der Waals surface area contributed by atoms with Gasteiger partial charge in [0.1, 0.15) is 5.00 Å². The first-order chi connectivity index (χ1) is 15.6. The molecule has 0 saturated heterocycles. The van der Waals surface area contributed by atoms with Crippen molar-refractivity contribution in [2.75, 3.05) is 18.5 Å². The zero-order valence-corrected chi connectivity index (χ0v) is 19.5. The van der Waals surface area contributed by atoms with Gasteiger partial charge in [0.2, 0.25) is 5.91 Å².